The van der Waals surface area contributed by atoms with Crippen molar-refractivity contribution in [3.63, 3.8) is 0 Å². The monoisotopic (exact) mass is 315 g/mol. The van der Waals surface area contributed by atoms with Gasteiger partial charge in [-0.15, -0.1) is 0 Å². The fourth-order valence-corrected chi connectivity index (χ4v) is 2.84. The SMILES string of the molecule is Nc1ncccc1S(=O)(=O)NCc1ccc(F)c(Cl)c1. The van der Waals surface area contributed by atoms with E-state index in [-0.39, 0.29) is 22.3 Å². The highest BCUT2D eigenvalue weighted by Gasteiger charge is 2.17. The van der Waals surface area contributed by atoms with E-state index in [0.29, 0.717) is 5.56 Å². The summed E-state index contributed by atoms with van der Waals surface area (Å²) in [6, 6.07) is 6.79. The minimum Gasteiger partial charge on any atom is -0.383 e. The fraction of sp³-hybridized carbons (Fsp3) is 0.0833. The van der Waals surface area contributed by atoms with E-state index in [1.54, 1.807) is 0 Å². The molecule has 2 aromatic rings. The first-order chi connectivity index (χ1) is 9.40. The number of hydrogen-bond donors (Lipinski definition) is 2. The zero-order valence-electron chi connectivity index (χ0n) is 10.2. The molecule has 0 bridgehead atoms. The lowest BCUT2D eigenvalue weighted by atomic mass is 10.2. The molecule has 20 heavy (non-hydrogen) atoms. The topological polar surface area (TPSA) is 85.1 Å². The highest BCUT2D eigenvalue weighted by Crippen LogP contribution is 2.18. The minimum atomic E-state index is -3.79. The zero-order chi connectivity index (χ0) is 14.8. The molecule has 0 aliphatic rings. The molecule has 0 saturated carbocycles. The van der Waals surface area contributed by atoms with Crippen LogP contribution in [0.15, 0.2) is 41.4 Å². The van der Waals surface area contributed by atoms with Crippen LogP contribution < -0.4 is 10.5 Å². The molecule has 1 heterocycles. The summed E-state index contributed by atoms with van der Waals surface area (Å²) in [4.78, 5) is 3.61. The van der Waals surface area contributed by atoms with Gasteiger partial charge in [0.25, 0.3) is 0 Å². The summed E-state index contributed by atoms with van der Waals surface area (Å²) in [6.45, 7) is -0.0311. The number of anilines is 1. The van der Waals surface area contributed by atoms with Gasteiger partial charge < -0.3 is 5.73 Å². The van der Waals surface area contributed by atoms with Crippen molar-refractivity contribution in [2.75, 3.05) is 5.73 Å². The number of nitrogens with zero attached hydrogens (tertiary/aromatic N) is 1. The van der Waals surface area contributed by atoms with Crippen LogP contribution >= 0.6 is 11.6 Å². The Morgan fingerprint density at radius 2 is 2.10 bits per heavy atom. The molecule has 0 unspecified atom stereocenters. The van der Waals surface area contributed by atoms with Crippen LogP contribution in [0.3, 0.4) is 0 Å². The first kappa shape index (κ1) is 14.7. The van der Waals surface area contributed by atoms with Gasteiger partial charge in [-0.1, -0.05) is 17.7 Å². The lowest BCUT2D eigenvalue weighted by molar-refractivity contribution is 0.581. The van der Waals surface area contributed by atoms with E-state index in [0.717, 1.165) is 0 Å². The number of hydrogen-bond acceptors (Lipinski definition) is 4. The van der Waals surface area contributed by atoms with Crippen molar-refractivity contribution in [1.82, 2.24) is 9.71 Å². The van der Waals surface area contributed by atoms with E-state index in [9.17, 15) is 12.8 Å². The van der Waals surface area contributed by atoms with Gasteiger partial charge in [0.05, 0.1) is 5.02 Å². The molecule has 0 atom stereocenters. The van der Waals surface area contributed by atoms with E-state index in [1.807, 2.05) is 0 Å². The Bertz CT molecular complexity index is 737. The van der Waals surface area contributed by atoms with Gasteiger partial charge in [0.2, 0.25) is 10.0 Å². The van der Waals surface area contributed by atoms with Gasteiger partial charge in [-0.05, 0) is 29.8 Å². The van der Waals surface area contributed by atoms with Gasteiger partial charge in [-0.3, -0.25) is 0 Å². The van der Waals surface area contributed by atoms with Crippen LogP contribution in [-0.2, 0) is 16.6 Å². The van der Waals surface area contributed by atoms with Crippen molar-refractivity contribution in [1.29, 1.82) is 0 Å². The van der Waals surface area contributed by atoms with Gasteiger partial charge in [0, 0.05) is 12.7 Å². The van der Waals surface area contributed by atoms with Crippen LogP contribution in [0.5, 0.6) is 0 Å². The van der Waals surface area contributed by atoms with Gasteiger partial charge >= 0.3 is 0 Å². The molecule has 0 fully saturated rings. The summed E-state index contributed by atoms with van der Waals surface area (Å²) >= 11 is 5.62. The second-order valence-corrected chi connectivity index (χ2v) is 6.10. The Morgan fingerprint density at radius 3 is 2.75 bits per heavy atom. The first-order valence-electron chi connectivity index (χ1n) is 5.54. The number of halogens is 2. The number of aromatic nitrogens is 1. The zero-order valence-corrected chi connectivity index (χ0v) is 11.7. The Kier molecular flexibility index (Phi) is 4.22. The second kappa shape index (κ2) is 5.74. The van der Waals surface area contributed by atoms with E-state index < -0.39 is 15.8 Å². The van der Waals surface area contributed by atoms with Crippen molar-refractivity contribution in [2.45, 2.75) is 11.4 Å². The molecule has 5 nitrogen and oxygen atoms in total. The summed E-state index contributed by atoms with van der Waals surface area (Å²) in [7, 11) is -3.79. The molecule has 0 radical (unpaired) electrons. The van der Waals surface area contributed by atoms with E-state index in [2.05, 4.69) is 9.71 Å². The molecule has 0 saturated heterocycles. The molecular formula is C12H11ClFN3O2S. The Labute approximate surface area is 120 Å². The number of nitrogen functional groups attached to an aromatic ring is 1. The number of nitrogens with two attached hydrogens (primary N) is 1. The maximum absolute atomic E-state index is 13.0. The number of pyridine rings is 1. The van der Waals surface area contributed by atoms with Crippen LogP contribution in [0.4, 0.5) is 10.2 Å². The molecule has 3 N–H and O–H groups in total. The van der Waals surface area contributed by atoms with Gasteiger partial charge in [0.1, 0.15) is 16.5 Å². The van der Waals surface area contributed by atoms with E-state index >= 15 is 0 Å². The maximum Gasteiger partial charge on any atom is 0.244 e. The Morgan fingerprint density at radius 1 is 1.35 bits per heavy atom. The average Bonchev–Trinajstić information content (AvgIpc) is 2.40. The molecule has 1 aromatic heterocycles. The predicted octanol–water partition coefficient (Wildman–Crippen LogP) is 1.93. The lowest BCUT2D eigenvalue weighted by Gasteiger charge is -2.08. The summed E-state index contributed by atoms with van der Waals surface area (Å²) in [5, 5.41) is -0.0670. The minimum absolute atomic E-state index is 0.0311. The van der Waals surface area contributed by atoms with Crippen LogP contribution in [0.2, 0.25) is 5.02 Å². The Hall–Kier alpha value is -1.70. The number of sulfonamides is 1. The summed E-state index contributed by atoms with van der Waals surface area (Å²) in [5.41, 5.74) is 6.05. The summed E-state index contributed by atoms with van der Waals surface area (Å²) in [6.07, 6.45) is 1.40. The molecule has 0 spiro atoms. The molecule has 2 rings (SSSR count). The van der Waals surface area contributed by atoms with Gasteiger partial charge in [0.15, 0.2) is 0 Å². The van der Waals surface area contributed by atoms with E-state index in [4.69, 9.17) is 17.3 Å². The standard InChI is InChI=1S/C12H11ClFN3O2S/c13-9-6-8(3-4-10(9)14)7-17-20(18,19)11-2-1-5-16-12(11)15/h1-6,17H,7H2,(H2,15,16). The smallest absolute Gasteiger partial charge is 0.244 e. The van der Waals surface area contributed by atoms with Gasteiger partial charge in [-0.2, -0.15) is 0 Å². The predicted molar refractivity (Wildman–Crippen MR) is 74.1 cm³/mol. The van der Waals surface area contributed by atoms with Crippen molar-refractivity contribution in [3.8, 4) is 0 Å². The number of benzene rings is 1. The van der Waals surface area contributed by atoms with Crippen LogP contribution in [0, 0.1) is 5.82 Å². The quantitative estimate of drug-likeness (QED) is 0.903. The third kappa shape index (κ3) is 3.24. The molecular weight excluding hydrogens is 305 g/mol. The number of rotatable bonds is 4. The molecule has 0 aliphatic carbocycles. The highest BCUT2D eigenvalue weighted by molar-refractivity contribution is 7.89. The third-order valence-corrected chi connectivity index (χ3v) is 4.28. The van der Waals surface area contributed by atoms with Crippen LogP contribution in [0.25, 0.3) is 0 Å². The second-order valence-electron chi connectivity index (χ2n) is 3.96. The normalized spacial score (nSPS) is 11.5. The summed E-state index contributed by atoms with van der Waals surface area (Å²) in [5.74, 6) is -0.646. The lowest BCUT2D eigenvalue weighted by Crippen LogP contribution is -2.24. The van der Waals surface area contributed by atoms with E-state index in [1.165, 1.54) is 36.5 Å². The number of nitrogens with one attached hydrogen (secondary N) is 1. The van der Waals surface area contributed by atoms with Crippen LogP contribution in [-0.4, -0.2) is 13.4 Å². The third-order valence-electron chi connectivity index (χ3n) is 2.54. The largest absolute Gasteiger partial charge is 0.383 e. The maximum atomic E-state index is 13.0. The van der Waals surface area contributed by atoms with Crippen molar-refractivity contribution in [3.05, 3.63) is 52.9 Å². The van der Waals surface area contributed by atoms with Gasteiger partial charge in [-0.25, -0.2) is 22.5 Å². The van der Waals surface area contributed by atoms with Crippen molar-refractivity contribution in [2.24, 2.45) is 0 Å². The molecule has 8 heteroatoms. The molecule has 106 valence electrons. The molecule has 0 aliphatic heterocycles. The summed E-state index contributed by atoms with van der Waals surface area (Å²) < 4.78 is 39.4. The highest BCUT2D eigenvalue weighted by atomic mass is 35.5. The van der Waals surface area contributed by atoms with Crippen LogP contribution in [0.1, 0.15) is 5.56 Å². The fourth-order valence-electron chi connectivity index (χ4n) is 1.54. The van der Waals surface area contributed by atoms with Crippen molar-refractivity contribution >= 4 is 27.4 Å². The average molecular weight is 316 g/mol. The Balaban J connectivity index is 2.17. The van der Waals surface area contributed by atoms with Crippen molar-refractivity contribution < 1.29 is 12.8 Å². The first-order valence-corrected chi connectivity index (χ1v) is 7.40. The molecule has 0 amide bonds. The molecule has 1 aromatic carbocycles.